The molecule has 2 N–H and O–H groups in total. The molecule has 0 saturated carbocycles. The first-order chi connectivity index (χ1) is 12.8. The number of nitrogens with one attached hydrogen (secondary N) is 2. The number of sulfonamides is 1. The Kier molecular flexibility index (Phi) is 5.00. The molecule has 140 valence electrons. The maximum absolute atomic E-state index is 13.0. The van der Waals surface area contributed by atoms with Crippen molar-refractivity contribution in [3.8, 4) is 5.75 Å². The minimum Gasteiger partial charge on any atom is -0.497 e. The van der Waals surface area contributed by atoms with E-state index in [1.165, 1.54) is 26.2 Å². The molecule has 0 unspecified atom stereocenters. The van der Waals surface area contributed by atoms with Crippen LogP contribution in [0.25, 0.3) is 10.9 Å². The van der Waals surface area contributed by atoms with E-state index in [4.69, 9.17) is 4.74 Å². The third-order valence-electron chi connectivity index (χ3n) is 3.88. The number of pyridine rings is 1. The summed E-state index contributed by atoms with van der Waals surface area (Å²) in [5, 5.41) is 3.33. The van der Waals surface area contributed by atoms with Crippen molar-refractivity contribution in [2.75, 3.05) is 17.1 Å². The molecule has 0 atom stereocenters. The van der Waals surface area contributed by atoms with Crippen LogP contribution < -0.4 is 14.8 Å². The molecule has 7 nitrogen and oxygen atoms in total. The SMILES string of the molecule is COc1ccc(NC(C)=O)c(NS(=O)(=O)c2cccc3cc(C)cnc23)c1. The van der Waals surface area contributed by atoms with Gasteiger partial charge in [0, 0.05) is 24.6 Å². The van der Waals surface area contributed by atoms with Gasteiger partial charge >= 0.3 is 0 Å². The monoisotopic (exact) mass is 385 g/mol. The quantitative estimate of drug-likeness (QED) is 0.702. The van der Waals surface area contributed by atoms with Crippen molar-refractivity contribution in [1.82, 2.24) is 4.98 Å². The number of amides is 1. The first-order valence-corrected chi connectivity index (χ1v) is 9.62. The van der Waals surface area contributed by atoms with Crippen molar-refractivity contribution < 1.29 is 17.9 Å². The topological polar surface area (TPSA) is 97.4 Å². The maximum atomic E-state index is 13.0. The number of hydrogen-bond donors (Lipinski definition) is 2. The molecule has 0 aliphatic rings. The second kappa shape index (κ2) is 7.24. The third kappa shape index (κ3) is 4.01. The fraction of sp³-hybridized carbons (Fsp3) is 0.158. The lowest BCUT2D eigenvalue weighted by molar-refractivity contribution is -0.114. The average Bonchev–Trinajstić information content (AvgIpc) is 2.61. The molecule has 1 amide bonds. The van der Waals surface area contributed by atoms with Gasteiger partial charge in [-0.05, 0) is 36.8 Å². The van der Waals surface area contributed by atoms with Crippen LogP contribution in [0.15, 0.2) is 53.6 Å². The Balaban J connectivity index is 2.09. The molecule has 27 heavy (non-hydrogen) atoms. The highest BCUT2D eigenvalue weighted by Gasteiger charge is 2.20. The molecule has 0 saturated heterocycles. The van der Waals surface area contributed by atoms with Crippen LogP contribution in [0.5, 0.6) is 5.75 Å². The zero-order valence-corrected chi connectivity index (χ0v) is 15.9. The van der Waals surface area contributed by atoms with E-state index in [2.05, 4.69) is 15.0 Å². The van der Waals surface area contributed by atoms with Crippen LogP contribution in [0.2, 0.25) is 0 Å². The summed E-state index contributed by atoms with van der Waals surface area (Å²) in [5.74, 6) is 0.136. The molecule has 3 rings (SSSR count). The van der Waals surface area contributed by atoms with Crippen molar-refractivity contribution >= 4 is 38.2 Å². The van der Waals surface area contributed by atoms with Gasteiger partial charge in [-0.2, -0.15) is 0 Å². The van der Waals surface area contributed by atoms with E-state index in [-0.39, 0.29) is 16.5 Å². The van der Waals surface area contributed by atoms with Gasteiger partial charge in [-0.25, -0.2) is 8.42 Å². The van der Waals surface area contributed by atoms with Gasteiger partial charge < -0.3 is 10.1 Å². The van der Waals surface area contributed by atoms with Gasteiger partial charge in [-0.3, -0.25) is 14.5 Å². The Labute approximate surface area is 157 Å². The highest BCUT2D eigenvalue weighted by molar-refractivity contribution is 7.93. The number of para-hydroxylation sites is 1. The highest BCUT2D eigenvalue weighted by Crippen LogP contribution is 2.30. The van der Waals surface area contributed by atoms with Crippen molar-refractivity contribution in [2.45, 2.75) is 18.7 Å². The maximum Gasteiger partial charge on any atom is 0.264 e. The molecule has 0 bridgehead atoms. The summed E-state index contributed by atoms with van der Waals surface area (Å²) < 4.78 is 33.8. The summed E-state index contributed by atoms with van der Waals surface area (Å²) in [4.78, 5) is 15.8. The van der Waals surface area contributed by atoms with Gasteiger partial charge in [-0.15, -0.1) is 0 Å². The first-order valence-electron chi connectivity index (χ1n) is 8.14. The Morgan fingerprint density at radius 3 is 2.59 bits per heavy atom. The number of methoxy groups -OCH3 is 1. The second-order valence-electron chi connectivity index (χ2n) is 6.04. The van der Waals surface area contributed by atoms with E-state index < -0.39 is 10.0 Å². The van der Waals surface area contributed by atoms with Gasteiger partial charge in [0.2, 0.25) is 5.91 Å². The lowest BCUT2D eigenvalue weighted by Gasteiger charge is -2.15. The van der Waals surface area contributed by atoms with Crippen LogP contribution in [0, 0.1) is 6.92 Å². The van der Waals surface area contributed by atoms with Crippen LogP contribution in [0.1, 0.15) is 12.5 Å². The van der Waals surface area contributed by atoms with Gasteiger partial charge in [0.15, 0.2) is 0 Å². The largest absolute Gasteiger partial charge is 0.497 e. The van der Waals surface area contributed by atoms with Gasteiger partial charge in [0.1, 0.15) is 10.6 Å². The zero-order valence-electron chi connectivity index (χ0n) is 15.1. The molecular formula is C19H19N3O4S. The van der Waals surface area contributed by atoms with Crippen LogP contribution in [-0.2, 0) is 14.8 Å². The number of aromatic nitrogens is 1. The summed E-state index contributed by atoms with van der Waals surface area (Å²) in [6.45, 7) is 3.24. The van der Waals surface area contributed by atoms with E-state index in [9.17, 15) is 13.2 Å². The summed E-state index contributed by atoms with van der Waals surface area (Å²) in [7, 11) is -2.48. The van der Waals surface area contributed by atoms with E-state index >= 15 is 0 Å². The fourth-order valence-electron chi connectivity index (χ4n) is 2.69. The second-order valence-corrected chi connectivity index (χ2v) is 7.69. The summed E-state index contributed by atoms with van der Waals surface area (Å²) in [6.07, 6.45) is 1.62. The molecule has 1 heterocycles. The van der Waals surface area contributed by atoms with E-state index in [0.29, 0.717) is 17.0 Å². The predicted octanol–water partition coefficient (Wildman–Crippen LogP) is 3.31. The number of ether oxygens (including phenoxy) is 1. The van der Waals surface area contributed by atoms with Crippen molar-refractivity contribution in [1.29, 1.82) is 0 Å². The van der Waals surface area contributed by atoms with Crippen molar-refractivity contribution in [3.63, 3.8) is 0 Å². The molecule has 8 heteroatoms. The Bertz CT molecular complexity index is 1130. The number of nitrogens with zero attached hydrogens (tertiary/aromatic N) is 1. The lowest BCUT2D eigenvalue weighted by atomic mass is 10.2. The fourth-order valence-corrected chi connectivity index (χ4v) is 3.94. The van der Waals surface area contributed by atoms with Crippen molar-refractivity contribution in [3.05, 3.63) is 54.2 Å². The van der Waals surface area contributed by atoms with Crippen LogP contribution in [0.3, 0.4) is 0 Å². The van der Waals surface area contributed by atoms with E-state index in [1.54, 1.807) is 24.4 Å². The van der Waals surface area contributed by atoms with Crippen molar-refractivity contribution in [2.24, 2.45) is 0 Å². The number of aryl methyl sites for hydroxylation is 1. The molecule has 0 radical (unpaired) electrons. The minimum atomic E-state index is -3.96. The summed E-state index contributed by atoms with van der Waals surface area (Å²) in [5.41, 5.74) is 1.84. The standard InChI is InChI=1S/C19H19N3O4S/c1-12-9-14-5-4-6-18(19(14)20-11-12)27(24,25)22-17-10-15(26-3)7-8-16(17)21-13(2)23/h4-11,22H,1-3H3,(H,21,23). The smallest absolute Gasteiger partial charge is 0.264 e. The van der Waals surface area contributed by atoms with Gasteiger partial charge in [0.25, 0.3) is 10.0 Å². The Hall–Kier alpha value is -3.13. The third-order valence-corrected chi connectivity index (χ3v) is 5.28. The molecule has 0 spiro atoms. The van der Waals surface area contributed by atoms with Crippen LogP contribution >= 0.6 is 0 Å². The highest BCUT2D eigenvalue weighted by atomic mass is 32.2. The molecule has 0 aliphatic heterocycles. The Morgan fingerprint density at radius 2 is 1.89 bits per heavy atom. The van der Waals surface area contributed by atoms with Gasteiger partial charge in [-0.1, -0.05) is 12.1 Å². The molecular weight excluding hydrogens is 366 g/mol. The number of fused-ring (bicyclic) bond motifs is 1. The van der Waals surface area contributed by atoms with E-state index in [0.717, 1.165) is 10.9 Å². The summed E-state index contributed by atoms with van der Waals surface area (Å²) >= 11 is 0. The molecule has 1 aromatic heterocycles. The number of hydrogen-bond acceptors (Lipinski definition) is 5. The molecule has 0 fully saturated rings. The van der Waals surface area contributed by atoms with Gasteiger partial charge in [0.05, 0.1) is 24.0 Å². The molecule has 3 aromatic rings. The Morgan fingerprint density at radius 1 is 1.11 bits per heavy atom. The average molecular weight is 385 g/mol. The predicted molar refractivity (Wildman–Crippen MR) is 105 cm³/mol. The lowest BCUT2D eigenvalue weighted by Crippen LogP contribution is -2.16. The number of carbonyl (C=O) groups is 1. The first kappa shape index (κ1) is 18.7. The number of benzene rings is 2. The number of carbonyl (C=O) groups excluding carboxylic acids is 1. The molecule has 0 aliphatic carbocycles. The summed E-state index contributed by atoms with van der Waals surface area (Å²) in [6, 6.07) is 11.5. The number of anilines is 2. The normalized spacial score (nSPS) is 11.2. The zero-order chi connectivity index (χ0) is 19.6. The van der Waals surface area contributed by atoms with Crippen LogP contribution in [-0.4, -0.2) is 26.4 Å². The number of rotatable bonds is 5. The van der Waals surface area contributed by atoms with Crippen LogP contribution in [0.4, 0.5) is 11.4 Å². The molecule has 2 aromatic carbocycles. The minimum absolute atomic E-state index is 0.0524. The van der Waals surface area contributed by atoms with E-state index in [1.807, 2.05) is 19.1 Å².